The van der Waals surface area contributed by atoms with Gasteiger partial charge in [-0.15, -0.1) is 0 Å². The summed E-state index contributed by atoms with van der Waals surface area (Å²) >= 11 is 0. The van der Waals surface area contributed by atoms with E-state index in [0.717, 1.165) is 6.54 Å². The lowest BCUT2D eigenvalue weighted by molar-refractivity contribution is 0.178. The van der Waals surface area contributed by atoms with E-state index in [-0.39, 0.29) is 5.54 Å². The lowest BCUT2D eigenvalue weighted by Gasteiger charge is -2.33. The van der Waals surface area contributed by atoms with Crippen LogP contribution in [-0.2, 0) is 0 Å². The number of nitrogens with zero attached hydrogens (tertiary/aromatic N) is 2. The topological polar surface area (TPSA) is 18.5 Å². The van der Waals surface area contributed by atoms with Crippen LogP contribution < -0.4 is 5.32 Å². The van der Waals surface area contributed by atoms with Crippen molar-refractivity contribution in [3.05, 3.63) is 0 Å². The van der Waals surface area contributed by atoms with E-state index in [4.69, 9.17) is 0 Å². The number of rotatable bonds is 5. The summed E-state index contributed by atoms with van der Waals surface area (Å²) in [4.78, 5) is 5.16. The second-order valence-corrected chi connectivity index (χ2v) is 6.77. The molecule has 0 aromatic carbocycles. The molecule has 1 fully saturated rings. The second-order valence-electron chi connectivity index (χ2n) is 6.77. The molecule has 108 valence electrons. The van der Waals surface area contributed by atoms with Crippen molar-refractivity contribution in [3.63, 3.8) is 0 Å². The largest absolute Gasteiger partial charge is 0.311 e. The zero-order valence-corrected chi connectivity index (χ0v) is 13.1. The van der Waals surface area contributed by atoms with Crippen LogP contribution >= 0.6 is 0 Å². The van der Waals surface area contributed by atoms with Gasteiger partial charge in [0.25, 0.3) is 0 Å². The molecule has 1 saturated heterocycles. The molecule has 1 rings (SSSR count). The molecule has 1 atom stereocenters. The van der Waals surface area contributed by atoms with E-state index >= 15 is 0 Å². The van der Waals surface area contributed by atoms with Gasteiger partial charge in [-0.2, -0.15) is 0 Å². The first kappa shape index (κ1) is 15.9. The minimum absolute atomic E-state index is 0.231. The lowest BCUT2D eigenvalue weighted by Crippen LogP contribution is -2.48. The van der Waals surface area contributed by atoms with Crippen molar-refractivity contribution in [2.24, 2.45) is 0 Å². The van der Waals surface area contributed by atoms with Crippen molar-refractivity contribution in [3.8, 4) is 0 Å². The number of nitrogens with one attached hydrogen (secondary N) is 1. The molecule has 1 heterocycles. The highest BCUT2D eigenvalue weighted by molar-refractivity contribution is 4.81. The molecule has 1 aliphatic heterocycles. The van der Waals surface area contributed by atoms with Gasteiger partial charge in [0.15, 0.2) is 0 Å². The van der Waals surface area contributed by atoms with E-state index in [0.29, 0.717) is 6.04 Å². The predicted molar refractivity (Wildman–Crippen MR) is 80.1 cm³/mol. The summed E-state index contributed by atoms with van der Waals surface area (Å²) in [6.45, 7) is 15.2. The third-order valence-corrected chi connectivity index (χ3v) is 3.76. The van der Waals surface area contributed by atoms with Crippen LogP contribution in [0.25, 0.3) is 0 Å². The first-order valence-corrected chi connectivity index (χ1v) is 7.60. The summed E-state index contributed by atoms with van der Waals surface area (Å²) < 4.78 is 0. The van der Waals surface area contributed by atoms with Crippen LogP contribution in [0.5, 0.6) is 0 Å². The Morgan fingerprint density at radius 2 is 1.83 bits per heavy atom. The molecule has 0 spiro atoms. The first-order chi connectivity index (χ1) is 8.42. The minimum atomic E-state index is 0.231. The SMILES string of the molecule is CCCC(CNC(C)(C)C)N1CCCN(C)CC1. The summed E-state index contributed by atoms with van der Waals surface area (Å²) in [5, 5.41) is 3.68. The van der Waals surface area contributed by atoms with Crippen molar-refractivity contribution in [1.82, 2.24) is 15.1 Å². The Kier molecular flexibility index (Phi) is 6.61. The smallest absolute Gasteiger partial charge is 0.0221 e. The molecule has 0 saturated carbocycles. The monoisotopic (exact) mass is 255 g/mol. The molecule has 1 N–H and O–H groups in total. The molecule has 1 aliphatic rings. The summed E-state index contributed by atoms with van der Waals surface area (Å²) in [7, 11) is 2.24. The molecule has 3 nitrogen and oxygen atoms in total. The fraction of sp³-hybridized carbons (Fsp3) is 1.00. The van der Waals surface area contributed by atoms with Crippen molar-refractivity contribution < 1.29 is 0 Å². The molecule has 3 heteroatoms. The van der Waals surface area contributed by atoms with Crippen LogP contribution in [0.2, 0.25) is 0 Å². The minimum Gasteiger partial charge on any atom is -0.311 e. The highest BCUT2D eigenvalue weighted by atomic mass is 15.2. The van der Waals surface area contributed by atoms with Gasteiger partial charge in [-0.05, 0) is 53.8 Å². The van der Waals surface area contributed by atoms with Gasteiger partial charge < -0.3 is 10.2 Å². The standard InChI is InChI=1S/C15H33N3/c1-6-8-14(13-16-15(2,3)4)18-10-7-9-17(5)11-12-18/h14,16H,6-13H2,1-5H3. The molecule has 0 bridgehead atoms. The van der Waals surface area contributed by atoms with Gasteiger partial charge in [0.05, 0.1) is 0 Å². The number of hydrogen-bond donors (Lipinski definition) is 1. The van der Waals surface area contributed by atoms with Crippen LogP contribution in [0.15, 0.2) is 0 Å². The summed E-state index contributed by atoms with van der Waals surface area (Å²) in [6, 6.07) is 0.709. The normalized spacial score (nSPS) is 21.8. The van der Waals surface area contributed by atoms with E-state index in [1.807, 2.05) is 0 Å². The molecule has 0 aromatic rings. The van der Waals surface area contributed by atoms with Gasteiger partial charge in [-0.3, -0.25) is 4.90 Å². The molecular formula is C15H33N3. The fourth-order valence-electron chi connectivity index (χ4n) is 2.60. The highest BCUT2D eigenvalue weighted by Gasteiger charge is 2.21. The molecule has 18 heavy (non-hydrogen) atoms. The molecular weight excluding hydrogens is 222 g/mol. The van der Waals surface area contributed by atoms with Gasteiger partial charge in [0, 0.05) is 31.2 Å². The van der Waals surface area contributed by atoms with Crippen LogP contribution in [0.1, 0.15) is 47.0 Å². The summed E-state index contributed by atoms with van der Waals surface area (Å²) in [6.07, 6.45) is 3.90. The Labute approximate surface area is 114 Å². The fourth-order valence-corrected chi connectivity index (χ4v) is 2.60. The van der Waals surface area contributed by atoms with E-state index in [2.05, 4.69) is 49.9 Å². The zero-order valence-electron chi connectivity index (χ0n) is 13.1. The Bertz CT molecular complexity index is 222. The maximum atomic E-state index is 3.68. The Morgan fingerprint density at radius 1 is 1.11 bits per heavy atom. The van der Waals surface area contributed by atoms with E-state index < -0.39 is 0 Å². The molecule has 0 aliphatic carbocycles. The average Bonchev–Trinajstić information content (AvgIpc) is 2.48. The molecule has 0 radical (unpaired) electrons. The highest BCUT2D eigenvalue weighted by Crippen LogP contribution is 2.12. The Hall–Kier alpha value is -0.120. The second kappa shape index (κ2) is 7.46. The first-order valence-electron chi connectivity index (χ1n) is 7.60. The Morgan fingerprint density at radius 3 is 2.44 bits per heavy atom. The van der Waals surface area contributed by atoms with Crippen molar-refractivity contribution >= 4 is 0 Å². The zero-order chi connectivity index (χ0) is 13.6. The summed E-state index contributed by atoms with van der Waals surface area (Å²) in [5.74, 6) is 0. The van der Waals surface area contributed by atoms with Gasteiger partial charge in [-0.25, -0.2) is 0 Å². The third kappa shape index (κ3) is 6.17. The van der Waals surface area contributed by atoms with Crippen molar-refractivity contribution in [1.29, 1.82) is 0 Å². The molecule has 0 aromatic heterocycles. The van der Waals surface area contributed by atoms with Gasteiger partial charge >= 0.3 is 0 Å². The van der Waals surface area contributed by atoms with Crippen molar-refractivity contribution in [2.45, 2.75) is 58.5 Å². The summed E-state index contributed by atoms with van der Waals surface area (Å²) in [5.41, 5.74) is 0.231. The van der Waals surface area contributed by atoms with Crippen LogP contribution in [0.4, 0.5) is 0 Å². The quantitative estimate of drug-likeness (QED) is 0.812. The van der Waals surface area contributed by atoms with Crippen LogP contribution in [-0.4, -0.2) is 61.2 Å². The van der Waals surface area contributed by atoms with Crippen LogP contribution in [0, 0.1) is 0 Å². The molecule has 0 amide bonds. The van der Waals surface area contributed by atoms with Gasteiger partial charge in [0.2, 0.25) is 0 Å². The predicted octanol–water partition coefficient (Wildman–Crippen LogP) is 2.18. The van der Waals surface area contributed by atoms with Gasteiger partial charge in [-0.1, -0.05) is 13.3 Å². The van der Waals surface area contributed by atoms with Gasteiger partial charge in [0.1, 0.15) is 0 Å². The Balaban J connectivity index is 2.48. The van der Waals surface area contributed by atoms with Crippen molar-refractivity contribution in [2.75, 3.05) is 39.8 Å². The van der Waals surface area contributed by atoms with E-state index in [1.165, 1.54) is 45.4 Å². The van der Waals surface area contributed by atoms with E-state index in [9.17, 15) is 0 Å². The lowest BCUT2D eigenvalue weighted by atomic mass is 10.1. The third-order valence-electron chi connectivity index (χ3n) is 3.76. The molecule has 1 unspecified atom stereocenters. The number of likely N-dealkylation sites (N-methyl/N-ethyl adjacent to an activating group) is 1. The van der Waals surface area contributed by atoms with E-state index in [1.54, 1.807) is 0 Å². The van der Waals surface area contributed by atoms with Crippen LogP contribution in [0.3, 0.4) is 0 Å². The maximum Gasteiger partial charge on any atom is 0.0221 e. The maximum absolute atomic E-state index is 3.68. The number of hydrogen-bond acceptors (Lipinski definition) is 3. The average molecular weight is 255 g/mol.